The molecule has 128 valence electrons. The van der Waals surface area contributed by atoms with E-state index >= 15 is 0 Å². The number of aromatic nitrogens is 4. The molecule has 1 saturated heterocycles. The highest BCUT2D eigenvalue weighted by atomic mass is 16.2. The smallest absolute Gasteiger partial charge is 0.322 e. The summed E-state index contributed by atoms with van der Waals surface area (Å²) >= 11 is 0. The number of carbonyl (C=O) groups excluding carboxylic acids is 1. The number of likely N-dealkylation sites (tertiary alicyclic amines) is 1. The van der Waals surface area contributed by atoms with Crippen molar-refractivity contribution in [1.29, 1.82) is 0 Å². The molecule has 2 aromatic heterocycles. The molecule has 1 aliphatic heterocycles. The fraction of sp³-hybridized carbons (Fsp3) is 0.588. The number of amides is 2. The molecule has 7 nitrogen and oxygen atoms in total. The molecule has 0 bridgehead atoms. The van der Waals surface area contributed by atoms with Gasteiger partial charge in [0, 0.05) is 37.7 Å². The lowest BCUT2D eigenvalue weighted by molar-refractivity contribution is 0.220. The van der Waals surface area contributed by atoms with Crippen molar-refractivity contribution in [1.82, 2.24) is 24.5 Å². The molecule has 2 fully saturated rings. The summed E-state index contributed by atoms with van der Waals surface area (Å²) in [6, 6.07) is 4.50. The normalized spacial score (nSPS) is 22.0. The van der Waals surface area contributed by atoms with Gasteiger partial charge in [0.1, 0.15) is 0 Å². The second-order valence-electron chi connectivity index (χ2n) is 6.78. The maximum absolute atomic E-state index is 12.5. The minimum Gasteiger partial charge on any atom is -0.322 e. The van der Waals surface area contributed by atoms with Crippen LogP contribution in [0.3, 0.4) is 0 Å². The Morgan fingerprint density at radius 3 is 2.75 bits per heavy atom. The van der Waals surface area contributed by atoms with E-state index in [4.69, 9.17) is 0 Å². The lowest BCUT2D eigenvalue weighted by Gasteiger charge is -2.21. The summed E-state index contributed by atoms with van der Waals surface area (Å²) in [5.74, 6) is 0.646. The third-order valence-electron chi connectivity index (χ3n) is 5.14. The maximum atomic E-state index is 12.5. The van der Waals surface area contributed by atoms with Crippen molar-refractivity contribution in [2.75, 3.05) is 18.4 Å². The van der Waals surface area contributed by atoms with Gasteiger partial charge in [0.05, 0.1) is 12.1 Å². The molecule has 1 saturated carbocycles. The largest absolute Gasteiger partial charge is 0.323 e. The average Bonchev–Trinajstić information content (AvgIpc) is 3.36. The number of nitrogens with one attached hydrogen (secondary N) is 1. The molecular weight excluding hydrogens is 304 g/mol. The SMILES string of the molecule is O=C(Nc1ccn(C2CCCCC2)n1)N1CCC(n2cccn2)C1. The van der Waals surface area contributed by atoms with Crippen LogP contribution in [0.4, 0.5) is 10.6 Å². The Balaban J connectivity index is 1.34. The minimum absolute atomic E-state index is 0.0708. The molecule has 4 rings (SSSR count). The molecule has 3 heterocycles. The van der Waals surface area contributed by atoms with E-state index < -0.39 is 0 Å². The first-order valence-corrected chi connectivity index (χ1v) is 8.90. The Morgan fingerprint density at radius 1 is 1.08 bits per heavy atom. The molecule has 2 aromatic rings. The van der Waals surface area contributed by atoms with Crippen molar-refractivity contribution in [3.05, 3.63) is 30.7 Å². The number of anilines is 1. The second kappa shape index (κ2) is 6.67. The van der Waals surface area contributed by atoms with E-state index in [2.05, 4.69) is 15.5 Å². The fourth-order valence-corrected chi connectivity index (χ4v) is 3.78. The third-order valence-corrected chi connectivity index (χ3v) is 5.14. The van der Waals surface area contributed by atoms with Crippen molar-refractivity contribution in [2.45, 2.75) is 50.6 Å². The van der Waals surface area contributed by atoms with E-state index in [0.717, 1.165) is 13.0 Å². The molecule has 0 radical (unpaired) electrons. The van der Waals surface area contributed by atoms with Gasteiger partial charge in [-0.2, -0.15) is 10.2 Å². The Kier molecular flexibility index (Phi) is 4.23. The Bertz CT molecular complexity index is 673. The zero-order valence-electron chi connectivity index (χ0n) is 13.8. The quantitative estimate of drug-likeness (QED) is 0.941. The van der Waals surface area contributed by atoms with Crippen LogP contribution in [0.1, 0.15) is 50.6 Å². The third kappa shape index (κ3) is 3.16. The number of urea groups is 1. The zero-order valence-corrected chi connectivity index (χ0v) is 13.8. The first-order chi connectivity index (χ1) is 11.8. The highest BCUT2D eigenvalue weighted by Gasteiger charge is 2.28. The maximum Gasteiger partial charge on any atom is 0.323 e. The second-order valence-corrected chi connectivity index (χ2v) is 6.78. The molecule has 7 heteroatoms. The van der Waals surface area contributed by atoms with E-state index in [1.165, 1.54) is 32.1 Å². The van der Waals surface area contributed by atoms with E-state index in [1.807, 2.05) is 38.8 Å². The lowest BCUT2D eigenvalue weighted by Crippen LogP contribution is -2.33. The van der Waals surface area contributed by atoms with E-state index in [9.17, 15) is 4.79 Å². The summed E-state index contributed by atoms with van der Waals surface area (Å²) in [7, 11) is 0. The predicted molar refractivity (Wildman–Crippen MR) is 90.8 cm³/mol. The first kappa shape index (κ1) is 15.2. The Hall–Kier alpha value is -2.31. The highest BCUT2D eigenvalue weighted by Crippen LogP contribution is 2.28. The highest BCUT2D eigenvalue weighted by molar-refractivity contribution is 5.88. The zero-order chi connectivity index (χ0) is 16.4. The summed E-state index contributed by atoms with van der Waals surface area (Å²) in [6.07, 6.45) is 12.9. The molecule has 1 unspecified atom stereocenters. The van der Waals surface area contributed by atoms with Crippen molar-refractivity contribution < 1.29 is 4.79 Å². The number of rotatable bonds is 3. The topological polar surface area (TPSA) is 68.0 Å². The summed E-state index contributed by atoms with van der Waals surface area (Å²) in [5.41, 5.74) is 0. The van der Waals surface area contributed by atoms with Gasteiger partial charge in [0.25, 0.3) is 0 Å². The molecule has 1 atom stereocenters. The van der Waals surface area contributed by atoms with Crippen LogP contribution in [0.2, 0.25) is 0 Å². The molecule has 1 aliphatic carbocycles. The molecule has 2 aliphatic rings. The summed E-state index contributed by atoms with van der Waals surface area (Å²) in [5, 5.41) is 11.8. The van der Waals surface area contributed by atoms with Crippen LogP contribution in [0.5, 0.6) is 0 Å². The molecule has 2 amide bonds. The van der Waals surface area contributed by atoms with Crippen molar-refractivity contribution >= 4 is 11.8 Å². The first-order valence-electron chi connectivity index (χ1n) is 8.90. The number of hydrogen-bond donors (Lipinski definition) is 1. The van der Waals surface area contributed by atoms with Crippen molar-refractivity contribution in [2.24, 2.45) is 0 Å². The van der Waals surface area contributed by atoms with Gasteiger partial charge >= 0.3 is 6.03 Å². The van der Waals surface area contributed by atoms with Crippen LogP contribution in [0.25, 0.3) is 0 Å². The van der Waals surface area contributed by atoms with Crippen LogP contribution in [-0.4, -0.2) is 43.6 Å². The van der Waals surface area contributed by atoms with Gasteiger partial charge in [-0.15, -0.1) is 0 Å². The Morgan fingerprint density at radius 2 is 1.96 bits per heavy atom. The number of nitrogens with zero attached hydrogens (tertiary/aromatic N) is 5. The van der Waals surface area contributed by atoms with Gasteiger partial charge in [-0.25, -0.2) is 4.79 Å². The van der Waals surface area contributed by atoms with Crippen molar-refractivity contribution in [3.8, 4) is 0 Å². The van der Waals surface area contributed by atoms with Crippen LogP contribution < -0.4 is 5.32 Å². The lowest BCUT2D eigenvalue weighted by atomic mass is 9.96. The number of carbonyl (C=O) groups is 1. The van der Waals surface area contributed by atoms with E-state index in [-0.39, 0.29) is 12.1 Å². The van der Waals surface area contributed by atoms with Crippen molar-refractivity contribution in [3.63, 3.8) is 0 Å². The van der Waals surface area contributed by atoms with Crippen LogP contribution in [0, 0.1) is 0 Å². The van der Waals surface area contributed by atoms with E-state index in [0.29, 0.717) is 18.4 Å². The predicted octanol–water partition coefficient (Wildman–Crippen LogP) is 3.06. The molecule has 0 spiro atoms. The van der Waals surface area contributed by atoms with Gasteiger partial charge in [0.15, 0.2) is 5.82 Å². The minimum atomic E-state index is -0.0708. The fourth-order valence-electron chi connectivity index (χ4n) is 3.78. The van der Waals surface area contributed by atoms with Crippen LogP contribution in [0.15, 0.2) is 30.7 Å². The summed E-state index contributed by atoms with van der Waals surface area (Å²) < 4.78 is 3.95. The monoisotopic (exact) mass is 328 g/mol. The summed E-state index contributed by atoms with van der Waals surface area (Å²) in [4.78, 5) is 14.3. The number of hydrogen-bond acceptors (Lipinski definition) is 3. The summed E-state index contributed by atoms with van der Waals surface area (Å²) in [6.45, 7) is 1.44. The van der Waals surface area contributed by atoms with Gasteiger partial charge in [-0.3, -0.25) is 14.7 Å². The Labute approximate surface area is 141 Å². The molecule has 0 aromatic carbocycles. The van der Waals surface area contributed by atoms with Crippen LogP contribution in [-0.2, 0) is 0 Å². The van der Waals surface area contributed by atoms with Crippen LogP contribution >= 0.6 is 0 Å². The van der Waals surface area contributed by atoms with Gasteiger partial charge in [-0.1, -0.05) is 19.3 Å². The molecule has 1 N–H and O–H groups in total. The van der Waals surface area contributed by atoms with Gasteiger partial charge in [-0.05, 0) is 25.3 Å². The molecular formula is C17H24N6O. The van der Waals surface area contributed by atoms with Gasteiger partial charge in [0.2, 0.25) is 0 Å². The molecule has 24 heavy (non-hydrogen) atoms. The van der Waals surface area contributed by atoms with E-state index in [1.54, 1.807) is 6.20 Å². The standard InChI is InChI=1S/C17H24N6O/c24-17(21-11-7-15(13-21)22-10-4-9-18-22)19-16-8-12-23(20-16)14-5-2-1-3-6-14/h4,8-10,12,14-15H,1-3,5-7,11,13H2,(H,19,20,24). The van der Waals surface area contributed by atoms with Gasteiger partial charge < -0.3 is 4.90 Å². The average molecular weight is 328 g/mol.